The first-order valence-electron chi connectivity index (χ1n) is 8.93. The fraction of sp³-hybridized carbons (Fsp3) is 0.400. The molecule has 2 aromatic rings. The summed E-state index contributed by atoms with van der Waals surface area (Å²) in [6.45, 7) is 6.24. The molecule has 26 heavy (non-hydrogen) atoms. The Bertz CT molecular complexity index is 858. The minimum atomic E-state index is 0.00499. The second kappa shape index (κ2) is 7.21. The van der Waals surface area contributed by atoms with Crippen molar-refractivity contribution in [1.29, 1.82) is 0 Å². The van der Waals surface area contributed by atoms with Gasteiger partial charge < -0.3 is 14.1 Å². The van der Waals surface area contributed by atoms with Crippen LogP contribution >= 0.6 is 11.3 Å². The van der Waals surface area contributed by atoms with Gasteiger partial charge in [-0.15, -0.1) is 0 Å². The maximum Gasteiger partial charge on any atom is 0.191 e. The number of furan rings is 1. The fourth-order valence-corrected chi connectivity index (χ4v) is 4.49. The van der Waals surface area contributed by atoms with E-state index in [2.05, 4.69) is 30.9 Å². The van der Waals surface area contributed by atoms with E-state index in [1.807, 2.05) is 12.1 Å². The van der Waals surface area contributed by atoms with Crippen LogP contribution in [-0.4, -0.2) is 30.5 Å². The third-order valence-electron chi connectivity index (χ3n) is 5.05. The zero-order valence-electron chi connectivity index (χ0n) is 15.0. The van der Waals surface area contributed by atoms with E-state index in [0.717, 1.165) is 30.2 Å². The molecule has 0 spiro atoms. The zero-order chi connectivity index (χ0) is 18.1. The Balaban J connectivity index is 1.74. The van der Waals surface area contributed by atoms with Crippen molar-refractivity contribution in [3.8, 4) is 11.5 Å². The van der Waals surface area contributed by atoms with Gasteiger partial charge in [0.05, 0.1) is 6.26 Å². The van der Waals surface area contributed by atoms with Gasteiger partial charge in [0.15, 0.2) is 16.7 Å². The predicted octanol–water partition coefficient (Wildman–Crippen LogP) is 4.68. The van der Waals surface area contributed by atoms with Crippen molar-refractivity contribution < 1.29 is 13.9 Å². The molecule has 0 amide bonds. The molecule has 0 bridgehead atoms. The van der Waals surface area contributed by atoms with Gasteiger partial charge in [-0.3, -0.25) is 4.79 Å². The molecule has 0 atom stereocenters. The highest BCUT2D eigenvalue weighted by atomic mass is 32.1. The lowest BCUT2D eigenvalue weighted by atomic mass is 9.94. The van der Waals surface area contributed by atoms with Crippen molar-refractivity contribution in [3.63, 3.8) is 0 Å². The van der Waals surface area contributed by atoms with E-state index >= 15 is 0 Å². The molecule has 5 nitrogen and oxygen atoms in total. The molecule has 4 heterocycles. The van der Waals surface area contributed by atoms with Crippen LogP contribution in [0.15, 0.2) is 46.2 Å². The van der Waals surface area contributed by atoms with E-state index in [0.29, 0.717) is 29.5 Å². The van der Waals surface area contributed by atoms with Gasteiger partial charge in [-0.05, 0) is 44.4 Å². The Labute approximate surface area is 157 Å². The summed E-state index contributed by atoms with van der Waals surface area (Å²) in [7, 11) is 0. The maximum atomic E-state index is 13.2. The van der Waals surface area contributed by atoms with Crippen molar-refractivity contribution >= 4 is 22.3 Å². The van der Waals surface area contributed by atoms with Gasteiger partial charge in [0.25, 0.3) is 0 Å². The molecule has 2 aliphatic rings. The molecule has 0 aliphatic carbocycles. The van der Waals surface area contributed by atoms with E-state index in [4.69, 9.17) is 14.1 Å². The fourth-order valence-electron chi connectivity index (χ4n) is 3.34. The quantitative estimate of drug-likeness (QED) is 0.731. The number of carbonyl (C=O) groups excluding carboxylic acids is 1. The lowest BCUT2D eigenvalue weighted by Gasteiger charge is -2.25. The Morgan fingerprint density at radius 3 is 2.85 bits per heavy atom. The van der Waals surface area contributed by atoms with Crippen molar-refractivity contribution in [3.05, 3.63) is 46.7 Å². The average molecular weight is 370 g/mol. The van der Waals surface area contributed by atoms with E-state index in [9.17, 15) is 4.79 Å². The number of rotatable bonds is 4. The molecular weight excluding hydrogens is 348 g/mol. The van der Waals surface area contributed by atoms with Gasteiger partial charge in [-0.2, -0.15) is 0 Å². The molecule has 2 aliphatic heterocycles. The third kappa shape index (κ3) is 3.15. The standard InChI is InChI=1S/C20H22N2O3S/c1-13-5-3-9-22(14(13)2)20-21-17(16-6-4-10-25-16)19(26-20)18(23)15-7-11-24-12-8-15/h3-6,10,15H,7-9,11-12H2,1-2H3. The summed E-state index contributed by atoms with van der Waals surface area (Å²) >= 11 is 1.47. The molecule has 1 saturated heterocycles. The minimum absolute atomic E-state index is 0.00499. The zero-order valence-corrected chi connectivity index (χ0v) is 15.8. The molecule has 4 rings (SSSR count). The highest BCUT2D eigenvalue weighted by molar-refractivity contribution is 7.18. The first kappa shape index (κ1) is 17.2. The van der Waals surface area contributed by atoms with Gasteiger partial charge in [0.1, 0.15) is 10.6 Å². The van der Waals surface area contributed by atoms with Crippen molar-refractivity contribution in [2.24, 2.45) is 5.92 Å². The van der Waals surface area contributed by atoms with Crippen LogP contribution < -0.4 is 4.90 Å². The number of ketones is 1. The Morgan fingerprint density at radius 1 is 1.31 bits per heavy atom. The summed E-state index contributed by atoms with van der Waals surface area (Å²) in [6.07, 6.45) is 7.41. The molecule has 0 aromatic carbocycles. The Kier molecular flexibility index (Phi) is 4.78. The van der Waals surface area contributed by atoms with Crippen molar-refractivity contribution in [2.45, 2.75) is 26.7 Å². The van der Waals surface area contributed by atoms with Crippen LogP contribution in [-0.2, 0) is 4.74 Å². The first-order valence-corrected chi connectivity index (χ1v) is 9.75. The molecular formula is C20H22N2O3S. The number of hydrogen-bond donors (Lipinski definition) is 0. The molecule has 6 heteroatoms. The molecule has 2 aromatic heterocycles. The lowest BCUT2D eigenvalue weighted by Crippen LogP contribution is -2.24. The maximum absolute atomic E-state index is 13.2. The van der Waals surface area contributed by atoms with Crippen LogP contribution in [0.5, 0.6) is 0 Å². The van der Waals surface area contributed by atoms with Crippen LogP contribution in [0.1, 0.15) is 36.4 Å². The molecule has 136 valence electrons. The topological polar surface area (TPSA) is 55.6 Å². The molecule has 0 N–H and O–H groups in total. The number of Topliss-reactive ketones (excluding diaryl/α,β-unsaturated/α-hetero) is 1. The van der Waals surface area contributed by atoms with Gasteiger partial charge in [0.2, 0.25) is 0 Å². The smallest absolute Gasteiger partial charge is 0.191 e. The largest absolute Gasteiger partial charge is 0.463 e. The number of hydrogen-bond acceptors (Lipinski definition) is 6. The number of nitrogens with zero attached hydrogens (tertiary/aromatic N) is 2. The molecule has 0 radical (unpaired) electrons. The molecule has 1 fully saturated rings. The van der Waals surface area contributed by atoms with Crippen molar-refractivity contribution in [2.75, 3.05) is 24.7 Å². The Hall–Kier alpha value is -2.18. The number of allylic oxidation sites excluding steroid dienone is 3. The molecule has 0 unspecified atom stereocenters. The first-order chi connectivity index (χ1) is 12.6. The highest BCUT2D eigenvalue weighted by Gasteiger charge is 2.30. The van der Waals surface area contributed by atoms with Gasteiger partial charge in [-0.25, -0.2) is 4.98 Å². The van der Waals surface area contributed by atoms with Crippen LogP contribution in [0.4, 0.5) is 5.13 Å². The van der Waals surface area contributed by atoms with E-state index in [-0.39, 0.29) is 11.7 Å². The summed E-state index contributed by atoms with van der Waals surface area (Å²) in [4.78, 5) is 20.9. The van der Waals surface area contributed by atoms with E-state index < -0.39 is 0 Å². The number of aromatic nitrogens is 1. The number of ether oxygens (including phenoxy) is 1. The summed E-state index contributed by atoms with van der Waals surface area (Å²) < 4.78 is 11.0. The van der Waals surface area contributed by atoms with E-state index in [1.165, 1.54) is 16.9 Å². The summed E-state index contributed by atoms with van der Waals surface area (Å²) in [5, 5.41) is 0.841. The SMILES string of the molecule is CC1=C(C)N(c2nc(-c3ccco3)c(C(=O)C3CCOCC3)s2)CC=C1. The predicted molar refractivity (Wildman–Crippen MR) is 103 cm³/mol. The van der Waals surface area contributed by atoms with Gasteiger partial charge >= 0.3 is 0 Å². The summed E-state index contributed by atoms with van der Waals surface area (Å²) in [6, 6.07) is 3.69. The van der Waals surface area contributed by atoms with Crippen LogP contribution in [0.25, 0.3) is 11.5 Å². The van der Waals surface area contributed by atoms with Crippen molar-refractivity contribution in [1.82, 2.24) is 4.98 Å². The van der Waals surface area contributed by atoms with E-state index in [1.54, 1.807) is 6.26 Å². The second-order valence-corrected chi connectivity index (χ2v) is 7.66. The summed E-state index contributed by atoms with van der Waals surface area (Å²) in [5.41, 5.74) is 3.03. The lowest BCUT2D eigenvalue weighted by molar-refractivity contribution is 0.0547. The second-order valence-electron chi connectivity index (χ2n) is 6.68. The number of anilines is 1. The third-order valence-corrected chi connectivity index (χ3v) is 6.14. The van der Waals surface area contributed by atoms with Crippen LogP contribution in [0, 0.1) is 5.92 Å². The average Bonchev–Trinajstić information content (AvgIpc) is 3.33. The Morgan fingerprint density at radius 2 is 2.12 bits per heavy atom. The molecule has 0 saturated carbocycles. The normalized spacial score (nSPS) is 18.6. The van der Waals surface area contributed by atoms with Crippen LogP contribution in [0.3, 0.4) is 0 Å². The monoisotopic (exact) mass is 370 g/mol. The van der Waals surface area contributed by atoms with Gasteiger partial charge in [0, 0.05) is 31.4 Å². The number of carbonyl (C=O) groups is 1. The highest BCUT2D eigenvalue weighted by Crippen LogP contribution is 2.38. The van der Waals surface area contributed by atoms with Gasteiger partial charge in [-0.1, -0.05) is 23.5 Å². The minimum Gasteiger partial charge on any atom is -0.463 e. The number of thiazole rings is 1. The summed E-state index contributed by atoms with van der Waals surface area (Å²) in [5.74, 6) is 0.813. The van der Waals surface area contributed by atoms with Crippen LogP contribution in [0.2, 0.25) is 0 Å².